The van der Waals surface area contributed by atoms with Gasteiger partial charge >= 0.3 is 0 Å². The molecule has 2 N–H and O–H groups in total. The molecule has 0 aliphatic carbocycles. The van der Waals surface area contributed by atoms with Gasteiger partial charge in [0, 0.05) is 19.6 Å². The van der Waals surface area contributed by atoms with Crippen molar-refractivity contribution in [2.24, 2.45) is 0 Å². The summed E-state index contributed by atoms with van der Waals surface area (Å²) in [5, 5.41) is 11.6. The lowest BCUT2D eigenvalue weighted by Gasteiger charge is -2.30. The molecule has 4 nitrogen and oxygen atoms in total. The van der Waals surface area contributed by atoms with Crippen LogP contribution in [0.1, 0.15) is 0 Å². The van der Waals surface area contributed by atoms with Crippen LogP contribution in [0.3, 0.4) is 0 Å². The maximum atomic E-state index is 8.57. The molecule has 0 spiro atoms. The quantitative estimate of drug-likeness (QED) is 0.593. The molecule has 0 bridgehead atoms. The van der Waals surface area contributed by atoms with Crippen molar-refractivity contribution < 1.29 is 9.84 Å². The van der Waals surface area contributed by atoms with Crippen LogP contribution in [0.25, 0.3) is 0 Å². The molecule has 1 heterocycles. The summed E-state index contributed by atoms with van der Waals surface area (Å²) in [7, 11) is 0. The molecular formula is C8H16N2O2. The van der Waals surface area contributed by atoms with Gasteiger partial charge in [-0.3, -0.25) is 0 Å². The number of hydrogen-bond acceptors (Lipinski definition) is 4. The molecule has 4 heteroatoms. The number of aliphatic hydroxyl groups is 1. The summed E-state index contributed by atoms with van der Waals surface area (Å²) in [6.07, 6.45) is 0. The largest absolute Gasteiger partial charge is 0.395 e. The molecule has 1 rings (SSSR count). The third-order valence-corrected chi connectivity index (χ3v) is 1.83. The van der Waals surface area contributed by atoms with Gasteiger partial charge in [-0.2, -0.15) is 0 Å². The summed E-state index contributed by atoms with van der Waals surface area (Å²) in [5.74, 6) is 0.882. The molecular weight excluding hydrogens is 156 g/mol. The molecule has 0 radical (unpaired) electrons. The van der Waals surface area contributed by atoms with Crippen molar-refractivity contribution >= 4 is 0 Å². The van der Waals surface area contributed by atoms with Crippen LogP contribution in [-0.4, -0.2) is 49.5 Å². The normalized spacial score (nSPS) is 17.6. The van der Waals surface area contributed by atoms with Crippen LogP contribution in [0.2, 0.25) is 0 Å². The molecule has 0 aromatic heterocycles. The van der Waals surface area contributed by atoms with Gasteiger partial charge in [0.2, 0.25) is 0 Å². The van der Waals surface area contributed by atoms with E-state index in [4.69, 9.17) is 9.84 Å². The second-order valence-electron chi connectivity index (χ2n) is 2.70. The van der Waals surface area contributed by atoms with Crippen molar-refractivity contribution in [1.29, 1.82) is 0 Å². The highest BCUT2D eigenvalue weighted by Gasteiger charge is 2.10. The summed E-state index contributed by atoms with van der Waals surface area (Å²) in [5.41, 5.74) is 0. The smallest absolute Gasteiger partial charge is 0.0941 e. The zero-order chi connectivity index (χ0) is 8.81. The Morgan fingerprint density at radius 3 is 2.75 bits per heavy atom. The van der Waals surface area contributed by atoms with E-state index in [1.807, 2.05) is 0 Å². The molecule has 0 unspecified atom stereocenters. The molecule has 0 amide bonds. The Morgan fingerprint density at radius 1 is 1.50 bits per heavy atom. The van der Waals surface area contributed by atoms with E-state index in [-0.39, 0.29) is 6.61 Å². The first-order valence-corrected chi connectivity index (χ1v) is 4.21. The Morgan fingerprint density at radius 2 is 2.17 bits per heavy atom. The van der Waals surface area contributed by atoms with Crippen LogP contribution in [0, 0.1) is 0 Å². The van der Waals surface area contributed by atoms with Gasteiger partial charge in [-0.25, -0.2) is 0 Å². The maximum absolute atomic E-state index is 8.57. The fourth-order valence-electron chi connectivity index (χ4n) is 1.15. The van der Waals surface area contributed by atoms with Crippen LogP contribution < -0.4 is 5.32 Å². The third-order valence-electron chi connectivity index (χ3n) is 1.83. The van der Waals surface area contributed by atoms with Crippen LogP contribution in [0.5, 0.6) is 0 Å². The van der Waals surface area contributed by atoms with Crippen LogP contribution in [-0.2, 0) is 4.74 Å². The summed E-state index contributed by atoms with van der Waals surface area (Å²) in [6.45, 7) is 7.87. The van der Waals surface area contributed by atoms with Crippen molar-refractivity contribution in [3.8, 4) is 0 Å². The van der Waals surface area contributed by atoms with E-state index >= 15 is 0 Å². The average molecular weight is 172 g/mol. The highest BCUT2D eigenvalue weighted by molar-refractivity contribution is 4.91. The molecule has 0 atom stereocenters. The molecule has 0 aromatic rings. The van der Waals surface area contributed by atoms with Gasteiger partial charge in [0.25, 0.3) is 0 Å². The van der Waals surface area contributed by atoms with E-state index in [1.165, 1.54) is 0 Å². The van der Waals surface area contributed by atoms with Crippen molar-refractivity contribution in [3.05, 3.63) is 12.4 Å². The zero-order valence-corrected chi connectivity index (χ0v) is 7.25. The van der Waals surface area contributed by atoms with E-state index in [0.717, 1.165) is 32.1 Å². The highest BCUT2D eigenvalue weighted by Crippen LogP contribution is 2.01. The van der Waals surface area contributed by atoms with E-state index in [2.05, 4.69) is 16.8 Å². The molecule has 1 aliphatic rings. The lowest BCUT2D eigenvalue weighted by atomic mass is 10.4. The Bertz CT molecular complexity index is 144. The number of hydrogen-bond donors (Lipinski definition) is 2. The summed E-state index contributed by atoms with van der Waals surface area (Å²) in [4.78, 5) is 2.12. The van der Waals surface area contributed by atoms with Gasteiger partial charge in [0.05, 0.1) is 25.6 Å². The van der Waals surface area contributed by atoms with E-state index in [1.54, 1.807) is 0 Å². The number of nitrogens with zero attached hydrogens (tertiary/aromatic N) is 1. The number of morpholine rings is 1. The Hall–Kier alpha value is -0.740. The van der Waals surface area contributed by atoms with Crippen molar-refractivity contribution in [3.63, 3.8) is 0 Å². The zero-order valence-electron chi connectivity index (χ0n) is 7.25. The van der Waals surface area contributed by atoms with Crippen LogP contribution >= 0.6 is 0 Å². The van der Waals surface area contributed by atoms with Crippen molar-refractivity contribution in [2.45, 2.75) is 0 Å². The Balaban J connectivity index is 2.20. The van der Waals surface area contributed by atoms with Gasteiger partial charge in [-0.15, -0.1) is 0 Å². The first kappa shape index (κ1) is 9.35. The SMILES string of the molecule is C=C(NCCO)N1CCOCC1. The minimum Gasteiger partial charge on any atom is -0.395 e. The Labute approximate surface area is 72.8 Å². The predicted octanol–water partition coefficient (Wildman–Crippen LogP) is -0.628. The van der Waals surface area contributed by atoms with Gasteiger partial charge in [0.15, 0.2) is 0 Å². The van der Waals surface area contributed by atoms with Crippen LogP contribution in [0.4, 0.5) is 0 Å². The Kier molecular flexibility index (Phi) is 3.90. The first-order chi connectivity index (χ1) is 5.84. The molecule has 1 saturated heterocycles. The number of aliphatic hydroxyl groups excluding tert-OH is 1. The first-order valence-electron chi connectivity index (χ1n) is 4.21. The van der Waals surface area contributed by atoms with Crippen LogP contribution in [0.15, 0.2) is 12.4 Å². The fraction of sp³-hybridized carbons (Fsp3) is 0.750. The predicted molar refractivity (Wildman–Crippen MR) is 46.6 cm³/mol. The van der Waals surface area contributed by atoms with Crippen molar-refractivity contribution in [1.82, 2.24) is 10.2 Å². The van der Waals surface area contributed by atoms with E-state index in [0.29, 0.717) is 6.54 Å². The van der Waals surface area contributed by atoms with E-state index in [9.17, 15) is 0 Å². The lowest BCUT2D eigenvalue weighted by molar-refractivity contribution is 0.0503. The molecule has 12 heavy (non-hydrogen) atoms. The minimum atomic E-state index is 0.142. The van der Waals surface area contributed by atoms with E-state index < -0.39 is 0 Å². The van der Waals surface area contributed by atoms with Gasteiger partial charge in [-0.1, -0.05) is 6.58 Å². The number of rotatable bonds is 4. The molecule has 0 aromatic carbocycles. The summed E-state index contributed by atoms with van der Waals surface area (Å²) < 4.78 is 5.19. The lowest BCUT2D eigenvalue weighted by Crippen LogP contribution is -2.40. The van der Waals surface area contributed by atoms with Gasteiger partial charge in [-0.05, 0) is 0 Å². The standard InChI is InChI=1S/C8H16N2O2/c1-8(9-2-5-11)10-3-6-12-7-4-10/h9,11H,1-7H2. The number of nitrogens with one attached hydrogen (secondary N) is 1. The van der Waals surface area contributed by atoms with Gasteiger partial charge in [0.1, 0.15) is 0 Å². The molecule has 1 aliphatic heterocycles. The fourth-order valence-corrected chi connectivity index (χ4v) is 1.15. The molecule has 0 saturated carbocycles. The topological polar surface area (TPSA) is 44.7 Å². The summed E-state index contributed by atoms with van der Waals surface area (Å²) in [6, 6.07) is 0. The van der Waals surface area contributed by atoms with Crippen molar-refractivity contribution in [2.75, 3.05) is 39.5 Å². The second kappa shape index (κ2) is 5.00. The minimum absolute atomic E-state index is 0.142. The third kappa shape index (κ3) is 2.71. The number of ether oxygens (including phenoxy) is 1. The second-order valence-corrected chi connectivity index (χ2v) is 2.70. The average Bonchev–Trinajstić information content (AvgIpc) is 2.15. The van der Waals surface area contributed by atoms with Gasteiger partial charge < -0.3 is 20.1 Å². The highest BCUT2D eigenvalue weighted by atomic mass is 16.5. The maximum Gasteiger partial charge on any atom is 0.0941 e. The monoisotopic (exact) mass is 172 g/mol. The molecule has 70 valence electrons. The summed E-state index contributed by atoms with van der Waals surface area (Å²) >= 11 is 0. The molecule has 1 fully saturated rings.